The van der Waals surface area contributed by atoms with Crippen LogP contribution in [0, 0.1) is 20.8 Å². The van der Waals surface area contributed by atoms with E-state index in [0.717, 1.165) is 22.3 Å². The average molecular weight is 318 g/mol. The lowest BCUT2D eigenvalue weighted by atomic mass is 9.96. The van der Waals surface area contributed by atoms with E-state index in [-0.39, 0.29) is 6.61 Å². The third-order valence-corrected chi connectivity index (χ3v) is 5.55. The molecule has 22 heavy (non-hydrogen) atoms. The van der Waals surface area contributed by atoms with E-state index >= 15 is 0 Å². The Labute approximate surface area is 132 Å². The van der Waals surface area contributed by atoms with Crippen LogP contribution in [0.4, 0.5) is 0 Å². The summed E-state index contributed by atoms with van der Waals surface area (Å²) in [4.78, 5) is 10.2. The van der Waals surface area contributed by atoms with Crippen LogP contribution in [0.15, 0.2) is 42.0 Å². The summed E-state index contributed by atoms with van der Waals surface area (Å²) in [6.07, 6.45) is 9.29. The van der Waals surface area contributed by atoms with E-state index in [4.69, 9.17) is 4.52 Å². The van der Waals surface area contributed by atoms with E-state index in [0.29, 0.717) is 0 Å². The Kier molecular flexibility index (Phi) is 5.23. The van der Waals surface area contributed by atoms with Gasteiger partial charge in [-0.15, -0.1) is 0 Å². The maximum Gasteiger partial charge on any atom is 0.339 e. The molecular formula is C18H23O3P. The Morgan fingerprint density at radius 2 is 1.86 bits per heavy atom. The van der Waals surface area contributed by atoms with Gasteiger partial charge in [0.25, 0.3) is 0 Å². The fourth-order valence-electron chi connectivity index (χ4n) is 2.83. The van der Waals surface area contributed by atoms with Gasteiger partial charge in [-0.05, 0) is 56.0 Å². The number of aryl methyl sites for hydroxylation is 3. The van der Waals surface area contributed by atoms with Crippen molar-refractivity contribution in [3.63, 3.8) is 0 Å². The molecular weight excluding hydrogens is 295 g/mol. The summed E-state index contributed by atoms with van der Waals surface area (Å²) < 4.78 is 17.5. The van der Waals surface area contributed by atoms with Gasteiger partial charge in [0.2, 0.25) is 0 Å². The average Bonchev–Trinajstić information content (AvgIpc) is 2.43. The van der Waals surface area contributed by atoms with Crippen LogP contribution in [0.3, 0.4) is 0 Å². The maximum absolute atomic E-state index is 12.4. The van der Waals surface area contributed by atoms with E-state index in [1.165, 1.54) is 5.56 Å². The molecule has 0 radical (unpaired) electrons. The normalized spacial score (nSPS) is 22.0. The highest BCUT2D eigenvalue weighted by molar-refractivity contribution is 7.54. The van der Waals surface area contributed by atoms with Gasteiger partial charge in [0.15, 0.2) is 0 Å². The zero-order valence-corrected chi connectivity index (χ0v) is 14.4. The molecule has 2 atom stereocenters. The Morgan fingerprint density at radius 3 is 2.45 bits per heavy atom. The van der Waals surface area contributed by atoms with Crippen molar-refractivity contribution in [2.75, 3.05) is 6.61 Å². The zero-order chi connectivity index (χ0) is 16.3. The Hall–Kier alpha value is -1.41. The van der Waals surface area contributed by atoms with Crippen molar-refractivity contribution in [1.29, 1.82) is 0 Å². The van der Waals surface area contributed by atoms with E-state index in [1.807, 2.05) is 18.2 Å². The van der Waals surface area contributed by atoms with Crippen molar-refractivity contribution in [1.82, 2.24) is 0 Å². The smallest absolute Gasteiger partial charge is 0.324 e. The first-order chi connectivity index (χ1) is 10.3. The van der Waals surface area contributed by atoms with Crippen molar-refractivity contribution in [3.05, 3.63) is 64.3 Å². The largest absolute Gasteiger partial charge is 0.339 e. The quantitative estimate of drug-likeness (QED) is 0.818. The fraction of sp³-hybridized carbons (Fsp3) is 0.333. The van der Waals surface area contributed by atoms with Crippen LogP contribution >= 0.6 is 7.60 Å². The predicted molar refractivity (Wildman–Crippen MR) is 92.1 cm³/mol. The highest BCUT2D eigenvalue weighted by Crippen LogP contribution is 2.52. The number of hydrogen-bond donors (Lipinski definition) is 1. The predicted octanol–water partition coefficient (Wildman–Crippen LogP) is 4.71. The maximum atomic E-state index is 12.4. The lowest BCUT2D eigenvalue weighted by Crippen LogP contribution is -2.12. The molecule has 1 N–H and O–H groups in total. The highest BCUT2D eigenvalue weighted by atomic mass is 31.2. The summed E-state index contributed by atoms with van der Waals surface area (Å²) in [7, 11) is -3.71. The molecule has 1 aromatic rings. The van der Waals surface area contributed by atoms with Crippen LogP contribution in [-0.2, 0) is 9.09 Å². The zero-order valence-electron chi connectivity index (χ0n) is 13.5. The van der Waals surface area contributed by atoms with Crippen LogP contribution in [-0.4, -0.2) is 17.2 Å². The lowest BCUT2D eigenvalue weighted by Gasteiger charge is -2.23. The second kappa shape index (κ2) is 6.78. The first-order valence-corrected chi connectivity index (χ1v) is 9.11. The van der Waals surface area contributed by atoms with Gasteiger partial charge >= 0.3 is 7.60 Å². The first kappa shape index (κ1) is 17.0. The van der Waals surface area contributed by atoms with Crippen molar-refractivity contribution in [2.24, 2.45) is 0 Å². The van der Waals surface area contributed by atoms with Crippen molar-refractivity contribution >= 4 is 13.7 Å². The van der Waals surface area contributed by atoms with Crippen LogP contribution in [0.1, 0.15) is 29.2 Å². The minimum absolute atomic E-state index is 0.220. The second-order valence-electron chi connectivity index (χ2n) is 5.63. The molecule has 118 valence electrons. The minimum Gasteiger partial charge on any atom is -0.324 e. The van der Waals surface area contributed by atoms with Gasteiger partial charge in [0, 0.05) is 0 Å². The Morgan fingerprint density at radius 1 is 1.23 bits per heavy atom. The third kappa shape index (κ3) is 3.67. The lowest BCUT2D eigenvalue weighted by molar-refractivity contribution is 0.271. The van der Waals surface area contributed by atoms with Crippen LogP contribution in [0.2, 0.25) is 0 Å². The van der Waals surface area contributed by atoms with E-state index in [9.17, 15) is 9.46 Å². The van der Waals surface area contributed by atoms with Crippen LogP contribution in [0.25, 0.3) is 6.08 Å². The molecule has 0 saturated carbocycles. The van der Waals surface area contributed by atoms with Crippen LogP contribution in [0.5, 0.6) is 0 Å². The van der Waals surface area contributed by atoms with Gasteiger partial charge in [-0.1, -0.05) is 42.0 Å². The Balaban J connectivity index is 2.48. The summed E-state index contributed by atoms with van der Waals surface area (Å²) in [5.74, 6) is 0. The molecule has 0 amide bonds. The number of rotatable bonds is 4. The van der Waals surface area contributed by atoms with Gasteiger partial charge in [-0.2, -0.15) is 0 Å². The molecule has 0 aliphatic heterocycles. The third-order valence-electron chi connectivity index (χ3n) is 3.75. The van der Waals surface area contributed by atoms with Gasteiger partial charge < -0.3 is 9.42 Å². The Bertz CT molecular complexity index is 675. The van der Waals surface area contributed by atoms with Crippen molar-refractivity contribution < 1.29 is 14.0 Å². The minimum atomic E-state index is -3.71. The molecule has 0 aromatic heterocycles. The molecule has 1 aromatic carbocycles. The summed E-state index contributed by atoms with van der Waals surface area (Å²) in [5, 5.41) is 0. The number of allylic oxidation sites excluding steroid dienone is 5. The van der Waals surface area contributed by atoms with E-state index in [2.05, 4.69) is 32.9 Å². The molecule has 4 heteroatoms. The molecule has 1 aliphatic carbocycles. The van der Waals surface area contributed by atoms with Crippen LogP contribution < -0.4 is 0 Å². The topological polar surface area (TPSA) is 46.5 Å². The van der Waals surface area contributed by atoms with Gasteiger partial charge in [-0.3, -0.25) is 4.57 Å². The fourth-order valence-corrected chi connectivity index (χ4v) is 4.21. The summed E-state index contributed by atoms with van der Waals surface area (Å²) in [5.41, 5.74) is 4.83. The molecule has 2 unspecified atom stereocenters. The van der Waals surface area contributed by atoms with E-state index in [1.54, 1.807) is 19.1 Å². The molecule has 0 heterocycles. The number of hydrogen-bond acceptors (Lipinski definition) is 2. The molecule has 2 rings (SSSR count). The SMILES string of the molecule is CCOP(=O)(O)C1C=CC=CC1=Cc1c(C)cc(C)cc1C. The van der Waals surface area contributed by atoms with E-state index < -0.39 is 13.3 Å². The number of benzene rings is 1. The monoisotopic (exact) mass is 318 g/mol. The standard InChI is InChI=1S/C18H23O3P/c1-5-21-22(19,20)18-9-7-6-8-16(18)12-17-14(3)10-13(2)11-15(17)4/h6-12,18H,5H2,1-4H3,(H,19,20). The molecule has 0 spiro atoms. The highest BCUT2D eigenvalue weighted by Gasteiger charge is 2.33. The first-order valence-electron chi connectivity index (χ1n) is 7.46. The summed E-state index contributed by atoms with van der Waals surface area (Å²) >= 11 is 0. The van der Waals surface area contributed by atoms with Gasteiger partial charge in [-0.25, -0.2) is 0 Å². The molecule has 0 bridgehead atoms. The van der Waals surface area contributed by atoms with Crippen molar-refractivity contribution in [2.45, 2.75) is 33.4 Å². The molecule has 0 fully saturated rings. The summed E-state index contributed by atoms with van der Waals surface area (Å²) in [6.45, 7) is 8.14. The van der Waals surface area contributed by atoms with Crippen molar-refractivity contribution in [3.8, 4) is 0 Å². The molecule has 1 aliphatic rings. The second-order valence-corrected chi connectivity index (χ2v) is 7.57. The molecule has 3 nitrogen and oxygen atoms in total. The van der Waals surface area contributed by atoms with Gasteiger partial charge in [0.1, 0.15) is 5.66 Å². The molecule has 0 saturated heterocycles. The summed E-state index contributed by atoms with van der Waals surface area (Å²) in [6, 6.07) is 4.25. The van der Waals surface area contributed by atoms with Gasteiger partial charge in [0.05, 0.1) is 6.61 Å².